The summed E-state index contributed by atoms with van der Waals surface area (Å²) in [7, 11) is 0. The molecule has 0 aliphatic rings. The van der Waals surface area contributed by atoms with Crippen molar-refractivity contribution in [3.05, 3.63) is 64.7 Å². The Hall–Kier alpha value is -2.00. The van der Waals surface area contributed by atoms with Gasteiger partial charge in [0.25, 0.3) is 0 Å². The Kier molecular flexibility index (Phi) is 5.02. The van der Waals surface area contributed by atoms with Crippen molar-refractivity contribution >= 4 is 23.2 Å². The second-order valence-electron chi connectivity index (χ2n) is 4.65. The zero-order chi connectivity index (χ0) is 14.4. The number of benzene rings is 2. The molecule has 0 bridgehead atoms. The first-order valence-corrected chi connectivity index (χ1v) is 6.87. The minimum Gasteiger partial charge on any atom is -0.399 e. The molecule has 2 rings (SSSR count). The van der Waals surface area contributed by atoms with Crippen LogP contribution in [0.5, 0.6) is 0 Å². The van der Waals surface area contributed by atoms with Crippen LogP contribution in [0.2, 0.25) is 5.02 Å². The molecule has 0 saturated carbocycles. The molecular weight excluding hydrogens is 272 g/mol. The molecule has 0 atom stereocenters. The van der Waals surface area contributed by atoms with E-state index in [-0.39, 0.29) is 5.91 Å². The summed E-state index contributed by atoms with van der Waals surface area (Å²) in [5, 5.41) is 3.59. The number of nitrogens with one attached hydrogen (secondary N) is 1. The molecule has 1 amide bonds. The van der Waals surface area contributed by atoms with Gasteiger partial charge in [-0.25, -0.2) is 0 Å². The number of amides is 1. The molecule has 20 heavy (non-hydrogen) atoms. The monoisotopic (exact) mass is 288 g/mol. The topological polar surface area (TPSA) is 55.1 Å². The molecule has 0 fully saturated rings. The van der Waals surface area contributed by atoms with Crippen LogP contribution in [0.3, 0.4) is 0 Å². The van der Waals surface area contributed by atoms with Crippen molar-refractivity contribution in [3.8, 4) is 0 Å². The number of aryl methyl sites for hydroxylation is 1. The Labute approximate surface area is 123 Å². The van der Waals surface area contributed by atoms with Gasteiger partial charge >= 0.3 is 0 Å². The van der Waals surface area contributed by atoms with Crippen molar-refractivity contribution in [2.75, 3.05) is 5.73 Å². The summed E-state index contributed by atoms with van der Waals surface area (Å²) in [6, 6.07) is 15.0. The number of rotatable bonds is 5. The van der Waals surface area contributed by atoms with Crippen molar-refractivity contribution < 1.29 is 4.79 Å². The van der Waals surface area contributed by atoms with Crippen molar-refractivity contribution in [2.45, 2.75) is 19.4 Å². The first-order chi connectivity index (χ1) is 9.63. The third-order valence-electron chi connectivity index (χ3n) is 2.99. The summed E-state index contributed by atoms with van der Waals surface area (Å²) in [6.45, 7) is 0.521. The summed E-state index contributed by atoms with van der Waals surface area (Å²) in [5.41, 5.74) is 8.54. The van der Waals surface area contributed by atoms with E-state index < -0.39 is 0 Å². The highest BCUT2D eigenvalue weighted by Crippen LogP contribution is 2.10. The van der Waals surface area contributed by atoms with Crippen LogP contribution in [0.1, 0.15) is 17.5 Å². The molecule has 0 aromatic heterocycles. The van der Waals surface area contributed by atoms with E-state index in [4.69, 9.17) is 17.3 Å². The zero-order valence-electron chi connectivity index (χ0n) is 11.1. The lowest BCUT2D eigenvalue weighted by Gasteiger charge is -2.06. The molecule has 104 valence electrons. The molecule has 0 aliphatic heterocycles. The van der Waals surface area contributed by atoms with Crippen LogP contribution in [0, 0.1) is 0 Å². The maximum Gasteiger partial charge on any atom is 0.220 e. The van der Waals surface area contributed by atoms with Crippen molar-refractivity contribution in [2.24, 2.45) is 0 Å². The molecule has 0 unspecified atom stereocenters. The van der Waals surface area contributed by atoms with Crippen LogP contribution >= 0.6 is 11.6 Å². The van der Waals surface area contributed by atoms with Gasteiger partial charge in [-0.05, 0) is 41.8 Å². The van der Waals surface area contributed by atoms with E-state index in [1.807, 2.05) is 48.5 Å². The van der Waals surface area contributed by atoms with Crippen LogP contribution in [-0.4, -0.2) is 5.91 Å². The highest BCUT2D eigenvalue weighted by molar-refractivity contribution is 6.30. The standard InChI is InChI=1S/C16H17ClN2O/c17-14-7-4-13(5-8-14)11-19-16(20)9-6-12-2-1-3-15(18)10-12/h1-5,7-8,10H,6,9,11,18H2,(H,19,20). The fraction of sp³-hybridized carbons (Fsp3) is 0.188. The highest BCUT2D eigenvalue weighted by Gasteiger charge is 2.03. The molecule has 2 aromatic rings. The Morgan fingerprint density at radius 2 is 1.85 bits per heavy atom. The lowest BCUT2D eigenvalue weighted by atomic mass is 10.1. The maximum atomic E-state index is 11.8. The van der Waals surface area contributed by atoms with Gasteiger partial charge in [-0.2, -0.15) is 0 Å². The first kappa shape index (κ1) is 14.4. The Morgan fingerprint density at radius 3 is 2.55 bits per heavy atom. The number of halogens is 1. The molecule has 2 aromatic carbocycles. The van der Waals surface area contributed by atoms with Gasteiger partial charge in [0.1, 0.15) is 0 Å². The smallest absolute Gasteiger partial charge is 0.220 e. The average Bonchev–Trinajstić information content (AvgIpc) is 2.45. The van der Waals surface area contributed by atoms with E-state index in [0.717, 1.165) is 16.8 Å². The second-order valence-corrected chi connectivity index (χ2v) is 5.08. The molecule has 0 saturated heterocycles. The summed E-state index contributed by atoms with van der Waals surface area (Å²) >= 11 is 5.81. The first-order valence-electron chi connectivity index (χ1n) is 6.49. The van der Waals surface area contributed by atoms with Crippen molar-refractivity contribution in [1.29, 1.82) is 0 Å². The molecular formula is C16H17ClN2O. The number of carbonyl (C=O) groups excluding carboxylic acids is 1. The van der Waals surface area contributed by atoms with E-state index in [9.17, 15) is 4.79 Å². The van der Waals surface area contributed by atoms with Gasteiger partial charge < -0.3 is 11.1 Å². The normalized spacial score (nSPS) is 10.2. The fourth-order valence-corrected chi connectivity index (χ4v) is 2.02. The number of anilines is 1. The van der Waals surface area contributed by atoms with Crippen molar-refractivity contribution in [3.63, 3.8) is 0 Å². The number of hydrogen-bond donors (Lipinski definition) is 2. The minimum absolute atomic E-state index is 0.0300. The van der Waals surface area contributed by atoms with Gasteiger partial charge in [-0.1, -0.05) is 35.9 Å². The average molecular weight is 289 g/mol. The quantitative estimate of drug-likeness (QED) is 0.830. The van der Waals surface area contributed by atoms with E-state index in [0.29, 0.717) is 24.4 Å². The second kappa shape index (κ2) is 6.96. The SMILES string of the molecule is Nc1cccc(CCC(=O)NCc2ccc(Cl)cc2)c1. The predicted octanol–water partition coefficient (Wildman–Crippen LogP) is 3.17. The number of hydrogen-bond acceptors (Lipinski definition) is 2. The Bertz CT molecular complexity index is 581. The van der Waals surface area contributed by atoms with E-state index in [2.05, 4.69) is 5.32 Å². The van der Waals surface area contributed by atoms with Crippen LogP contribution in [0.25, 0.3) is 0 Å². The molecule has 3 nitrogen and oxygen atoms in total. The van der Waals surface area contributed by atoms with E-state index in [1.54, 1.807) is 0 Å². The largest absolute Gasteiger partial charge is 0.399 e. The van der Waals surface area contributed by atoms with Crippen LogP contribution < -0.4 is 11.1 Å². The summed E-state index contributed by atoms with van der Waals surface area (Å²) in [5.74, 6) is 0.0300. The molecule has 3 N–H and O–H groups in total. The third kappa shape index (κ3) is 4.59. The molecule has 0 radical (unpaired) electrons. The zero-order valence-corrected chi connectivity index (χ0v) is 11.9. The van der Waals surface area contributed by atoms with E-state index in [1.165, 1.54) is 0 Å². The van der Waals surface area contributed by atoms with Gasteiger partial charge in [-0.15, -0.1) is 0 Å². The third-order valence-corrected chi connectivity index (χ3v) is 3.25. The van der Waals surface area contributed by atoms with Gasteiger partial charge in [0.05, 0.1) is 0 Å². The van der Waals surface area contributed by atoms with Crippen LogP contribution in [-0.2, 0) is 17.8 Å². The molecule has 0 spiro atoms. The number of carbonyl (C=O) groups is 1. The minimum atomic E-state index is 0.0300. The highest BCUT2D eigenvalue weighted by atomic mass is 35.5. The predicted molar refractivity (Wildman–Crippen MR) is 82.5 cm³/mol. The van der Waals surface area contributed by atoms with Gasteiger partial charge in [0, 0.05) is 23.7 Å². The Balaban J connectivity index is 1.77. The maximum absolute atomic E-state index is 11.8. The van der Waals surface area contributed by atoms with Gasteiger partial charge in [-0.3, -0.25) is 4.79 Å². The van der Waals surface area contributed by atoms with Crippen LogP contribution in [0.15, 0.2) is 48.5 Å². The fourth-order valence-electron chi connectivity index (χ4n) is 1.90. The summed E-state index contributed by atoms with van der Waals surface area (Å²) in [4.78, 5) is 11.8. The van der Waals surface area contributed by atoms with E-state index >= 15 is 0 Å². The van der Waals surface area contributed by atoms with Crippen LogP contribution in [0.4, 0.5) is 5.69 Å². The number of nitrogens with two attached hydrogens (primary N) is 1. The summed E-state index contributed by atoms with van der Waals surface area (Å²) in [6.07, 6.45) is 1.15. The lowest BCUT2D eigenvalue weighted by Crippen LogP contribution is -2.22. The molecule has 0 aliphatic carbocycles. The van der Waals surface area contributed by atoms with Gasteiger partial charge in [0.15, 0.2) is 0 Å². The van der Waals surface area contributed by atoms with Gasteiger partial charge in [0.2, 0.25) is 5.91 Å². The number of nitrogen functional groups attached to an aromatic ring is 1. The molecule has 0 heterocycles. The van der Waals surface area contributed by atoms with Crippen molar-refractivity contribution in [1.82, 2.24) is 5.32 Å². The molecule has 4 heteroatoms. The lowest BCUT2D eigenvalue weighted by molar-refractivity contribution is -0.121. The Morgan fingerprint density at radius 1 is 1.10 bits per heavy atom. The summed E-state index contributed by atoms with van der Waals surface area (Å²) < 4.78 is 0.